The summed E-state index contributed by atoms with van der Waals surface area (Å²) in [5.41, 5.74) is 2.33. The molecule has 2 aromatic carbocycles. The van der Waals surface area contributed by atoms with Crippen LogP contribution in [-0.2, 0) is 32.0 Å². The predicted molar refractivity (Wildman–Crippen MR) is 123 cm³/mol. The van der Waals surface area contributed by atoms with Crippen molar-refractivity contribution < 1.29 is 9.53 Å². The second kappa shape index (κ2) is 8.58. The molecule has 8 nitrogen and oxygen atoms in total. The Morgan fingerprint density at radius 3 is 2.47 bits per heavy atom. The fourth-order valence-electron chi connectivity index (χ4n) is 3.82. The Morgan fingerprint density at radius 2 is 1.75 bits per heavy atom. The highest BCUT2D eigenvalue weighted by molar-refractivity contribution is 5.93. The number of nitrogens with one attached hydrogen (secondary N) is 1. The molecule has 8 heteroatoms. The van der Waals surface area contributed by atoms with Crippen LogP contribution >= 0.6 is 0 Å². The first kappa shape index (κ1) is 21.2. The number of aromatic nitrogens is 3. The lowest BCUT2D eigenvalue weighted by Crippen LogP contribution is -2.41. The predicted octanol–water partition coefficient (Wildman–Crippen LogP) is 2.03. The quantitative estimate of drug-likeness (QED) is 0.505. The smallest absolute Gasteiger partial charge is 0.331 e. The van der Waals surface area contributed by atoms with Crippen LogP contribution in [0.25, 0.3) is 22.2 Å². The van der Waals surface area contributed by atoms with Crippen LogP contribution in [0.4, 0.5) is 0 Å². The average molecular weight is 432 g/mol. The molecule has 164 valence electrons. The Hall–Kier alpha value is -4.07. The summed E-state index contributed by atoms with van der Waals surface area (Å²) in [7, 11) is 4.76. The van der Waals surface area contributed by atoms with Crippen molar-refractivity contribution in [1.82, 2.24) is 19.0 Å². The molecule has 2 heterocycles. The van der Waals surface area contributed by atoms with Crippen LogP contribution in [0.3, 0.4) is 0 Å². The van der Waals surface area contributed by atoms with Crippen LogP contribution in [-0.4, -0.2) is 26.7 Å². The molecule has 0 spiro atoms. The van der Waals surface area contributed by atoms with Gasteiger partial charge in [0.15, 0.2) is 0 Å². The summed E-state index contributed by atoms with van der Waals surface area (Å²) in [6, 6.07) is 16.9. The van der Waals surface area contributed by atoms with Gasteiger partial charge in [0, 0.05) is 32.4 Å². The van der Waals surface area contributed by atoms with Gasteiger partial charge in [-0.15, -0.1) is 0 Å². The maximum absolute atomic E-state index is 13.0. The van der Waals surface area contributed by atoms with Gasteiger partial charge in [0.2, 0.25) is 5.91 Å². The maximum atomic E-state index is 13.0. The summed E-state index contributed by atoms with van der Waals surface area (Å²) in [5, 5.41) is 2.84. The van der Waals surface area contributed by atoms with Crippen molar-refractivity contribution >= 4 is 16.9 Å². The Balaban J connectivity index is 1.74. The van der Waals surface area contributed by atoms with Crippen molar-refractivity contribution in [2.24, 2.45) is 14.1 Å². The topological polar surface area (TPSA) is 87.3 Å². The van der Waals surface area contributed by atoms with Crippen LogP contribution in [0.1, 0.15) is 5.56 Å². The zero-order chi connectivity index (χ0) is 22.8. The van der Waals surface area contributed by atoms with Gasteiger partial charge in [-0.2, -0.15) is 0 Å². The minimum atomic E-state index is -0.539. The van der Waals surface area contributed by atoms with Crippen molar-refractivity contribution in [3.8, 4) is 16.9 Å². The third-order valence-corrected chi connectivity index (χ3v) is 5.46. The van der Waals surface area contributed by atoms with E-state index in [1.807, 2.05) is 60.8 Å². The fourth-order valence-corrected chi connectivity index (χ4v) is 3.82. The molecule has 0 radical (unpaired) electrons. The largest absolute Gasteiger partial charge is 0.497 e. The fraction of sp³-hybridized carbons (Fsp3) is 0.208. The molecular weight excluding hydrogens is 408 g/mol. The van der Waals surface area contributed by atoms with Crippen LogP contribution in [0.2, 0.25) is 0 Å². The van der Waals surface area contributed by atoms with E-state index in [1.165, 1.54) is 11.6 Å². The van der Waals surface area contributed by atoms with Crippen LogP contribution in [0, 0.1) is 0 Å². The normalized spacial score (nSPS) is 11.0. The summed E-state index contributed by atoms with van der Waals surface area (Å²) in [5.74, 6) is 0.363. The first-order valence-electron chi connectivity index (χ1n) is 10.1. The van der Waals surface area contributed by atoms with E-state index in [-0.39, 0.29) is 12.5 Å². The summed E-state index contributed by atoms with van der Waals surface area (Å²) >= 11 is 0. The van der Waals surface area contributed by atoms with E-state index in [0.29, 0.717) is 23.3 Å². The molecule has 4 aromatic rings. The molecule has 0 aliphatic rings. The SMILES string of the molecule is COc1cccc(CNC(=O)Cn2c(=O)n(C)c(=O)c3c2c(-c2ccccc2)cn3C)c1. The van der Waals surface area contributed by atoms with E-state index in [4.69, 9.17) is 4.74 Å². The molecule has 4 rings (SSSR count). The number of fused-ring (bicyclic) bond motifs is 1. The van der Waals surface area contributed by atoms with Crippen molar-refractivity contribution in [1.29, 1.82) is 0 Å². The van der Waals surface area contributed by atoms with Gasteiger partial charge >= 0.3 is 5.69 Å². The molecule has 0 fully saturated rings. The van der Waals surface area contributed by atoms with E-state index < -0.39 is 11.2 Å². The molecule has 2 aromatic heterocycles. The Bertz CT molecular complexity index is 1410. The van der Waals surface area contributed by atoms with Gasteiger partial charge in [0.25, 0.3) is 5.56 Å². The molecule has 1 amide bonds. The Morgan fingerprint density at radius 1 is 1.00 bits per heavy atom. The van der Waals surface area contributed by atoms with Crippen molar-refractivity contribution in [3.63, 3.8) is 0 Å². The number of aryl methyl sites for hydroxylation is 1. The van der Waals surface area contributed by atoms with Gasteiger partial charge in [-0.1, -0.05) is 42.5 Å². The third-order valence-electron chi connectivity index (χ3n) is 5.46. The van der Waals surface area contributed by atoms with Crippen LogP contribution < -0.4 is 21.3 Å². The highest BCUT2D eigenvalue weighted by atomic mass is 16.5. The van der Waals surface area contributed by atoms with Gasteiger partial charge in [0.1, 0.15) is 17.8 Å². The minimum absolute atomic E-state index is 0.211. The molecule has 0 saturated carbocycles. The number of amides is 1. The first-order valence-corrected chi connectivity index (χ1v) is 10.1. The van der Waals surface area contributed by atoms with E-state index in [9.17, 15) is 14.4 Å². The molecule has 1 N–H and O–H groups in total. The number of hydrogen-bond acceptors (Lipinski definition) is 4. The summed E-state index contributed by atoms with van der Waals surface area (Å²) in [4.78, 5) is 38.6. The number of carbonyl (C=O) groups is 1. The molecular formula is C24H24N4O4. The van der Waals surface area contributed by atoms with Crippen LogP contribution in [0.15, 0.2) is 70.4 Å². The second-order valence-corrected chi connectivity index (χ2v) is 7.58. The number of benzene rings is 2. The molecule has 32 heavy (non-hydrogen) atoms. The van der Waals surface area contributed by atoms with Gasteiger partial charge in [-0.25, -0.2) is 4.79 Å². The molecule has 0 atom stereocenters. The monoisotopic (exact) mass is 432 g/mol. The molecule has 0 saturated heterocycles. The lowest BCUT2D eigenvalue weighted by molar-refractivity contribution is -0.121. The number of nitrogens with zero attached hydrogens (tertiary/aromatic N) is 3. The first-order chi connectivity index (χ1) is 15.4. The van der Waals surface area contributed by atoms with E-state index in [0.717, 1.165) is 21.3 Å². The lowest BCUT2D eigenvalue weighted by atomic mass is 10.1. The van der Waals surface area contributed by atoms with Gasteiger partial charge in [-0.3, -0.25) is 18.7 Å². The zero-order valence-electron chi connectivity index (χ0n) is 18.2. The Kier molecular flexibility index (Phi) is 5.68. The minimum Gasteiger partial charge on any atom is -0.497 e. The standard InChI is InChI=1S/C24H24N4O4/c1-26-14-19(17-9-5-4-6-10-17)21-22(26)23(30)27(2)24(31)28(21)15-20(29)25-13-16-8-7-11-18(12-16)32-3/h4-12,14H,13,15H2,1-3H3,(H,25,29). The van der Waals surface area contributed by atoms with Crippen molar-refractivity contribution in [3.05, 3.63) is 87.2 Å². The summed E-state index contributed by atoms with van der Waals surface area (Å²) in [6.45, 7) is 0.0806. The molecule has 0 aliphatic heterocycles. The maximum Gasteiger partial charge on any atom is 0.331 e. The highest BCUT2D eigenvalue weighted by Crippen LogP contribution is 2.27. The number of methoxy groups -OCH3 is 1. The Labute approximate surface area is 184 Å². The van der Waals surface area contributed by atoms with E-state index in [1.54, 1.807) is 18.7 Å². The van der Waals surface area contributed by atoms with Gasteiger partial charge in [0.05, 0.1) is 12.6 Å². The van der Waals surface area contributed by atoms with Crippen molar-refractivity contribution in [2.45, 2.75) is 13.1 Å². The average Bonchev–Trinajstić information content (AvgIpc) is 3.16. The second-order valence-electron chi connectivity index (χ2n) is 7.58. The molecule has 0 bridgehead atoms. The number of carbonyl (C=O) groups excluding carboxylic acids is 1. The highest BCUT2D eigenvalue weighted by Gasteiger charge is 2.20. The zero-order valence-corrected chi connectivity index (χ0v) is 18.2. The van der Waals surface area contributed by atoms with E-state index in [2.05, 4.69) is 5.32 Å². The van der Waals surface area contributed by atoms with Crippen LogP contribution in [0.5, 0.6) is 5.75 Å². The number of rotatable bonds is 6. The van der Waals surface area contributed by atoms with Gasteiger partial charge < -0.3 is 14.6 Å². The lowest BCUT2D eigenvalue weighted by Gasteiger charge is -2.12. The molecule has 0 unspecified atom stereocenters. The molecule has 0 aliphatic carbocycles. The van der Waals surface area contributed by atoms with Gasteiger partial charge in [-0.05, 0) is 23.3 Å². The summed E-state index contributed by atoms with van der Waals surface area (Å²) in [6.07, 6.45) is 1.81. The third kappa shape index (κ3) is 3.82. The number of hydrogen-bond donors (Lipinski definition) is 1. The van der Waals surface area contributed by atoms with Crippen molar-refractivity contribution in [2.75, 3.05) is 7.11 Å². The summed E-state index contributed by atoms with van der Waals surface area (Å²) < 4.78 is 9.30. The van der Waals surface area contributed by atoms with E-state index >= 15 is 0 Å². The number of ether oxygens (including phenoxy) is 1.